The fraction of sp³-hybridized carbons (Fsp3) is 0.500. The molecule has 2 N–H and O–H groups in total. The van der Waals surface area contributed by atoms with Crippen molar-refractivity contribution in [1.82, 2.24) is 14.7 Å². The number of nitrogens with one attached hydrogen (secondary N) is 1. The van der Waals surface area contributed by atoms with Crippen LogP contribution >= 0.6 is 11.8 Å². The first-order valence-corrected chi connectivity index (χ1v) is 7.78. The second-order valence-corrected chi connectivity index (χ2v) is 5.77. The highest BCUT2D eigenvalue weighted by atomic mass is 32.2. The number of rotatable bonds is 8. The summed E-state index contributed by atoms with van der Waals surface area (Å²) in [5, 5.41) is 12.1. The van der Waals surface area contributed by atoms with Crippen molar-refractivity contribution in [3.05, 3.63) is 35.8 Å². The third-order valence-electron chi connectivity index (χ3n) is 2.92. The minimum Gasteiger partial charge on any atom is -0.396 e. The highest BCUT2D eigenvalue weighted by molar-refractivity contribution is 7.99. The topological polar surface area (TPSA) is 49.6 Å². The van der Waals surface area contributed by atoms with Gasteiger partial charge in [0.2, 0.25) is 0 Å². The average molecular weight is 279 g/mol. The van der Waals surface area contributed by atoms with Gasteiger partial charge in [-0.05, 0) is 36.8 Å². The zero-order valence-electron chi connectivity index (χ0n) is 11.3. The van der Waals surface area contributed by atoms with Crippen molar-refractivity contribution >= 4 is 17.4 Å². The molecule has 0 unspecified atom stereocenters. The van der Waals surface area contributed by atoms with Crippen LogP contribution in [0.4, 0.5) is 0 Å². The first-order valence-electron chi connectivity index (χ1n) is 6.63. The van der Waals surface area contributed by atoms with Gasteiger partial charge < -0.3 is 14.8 Å². The summed E-state index contributed by atoms with van der Waals surface area (Å²) in [6.07, 6.45) is 4.89. The Hall–Kier alpha value is -1.04. The summed E-state index contributed by atoms with van der Waals surface area (Å²) >= 11 is 1.88. The average Bonchev–Trinajstić information content (AvgIpc) is 2.80. The van der Waals surface area contributed by atoms with E-state index in [2.05, 4.69) is 40.0 Å². The Bertz CT molecular complexity index is 512. The number of pyridine rings is 1. The first-order chi connectivity index (χ1) is 9.31. The normalized spacial score (nSPS) is 11.3. The van der Waals surface area contributed by atoms with Gasteiger partial charge in [0.25, 0.3) is 0 Å². The van der Waals surface area contributed by atoms with E-state index >= 15 is 0 Å². The van der Waals surface area contributed by atoms with Gasteiger partial charge in [0.15, 0.2) is 0 Å². The smallest absolute Gasteiger partial charge is 0.137 e. The number of aliphatic hydroxyl groups is 1. The fourth-order valence-electron chi connectivity index (χ4n) is 1.90. The number of aromatic nitrogens is 2. The van der Waals surface area contributed by atoms with Gasteiger partial charge in [-0.1, -0.05) is 0 Å². The molecule has 0 aromatic carbocycles. The lowest BCUT2D eigenvalue weighted by atomic mass is 10.3. The molecule has 0 fully saturated rings. The van der Waals surface area contributed by atoms with E-state index in [1.54, 1.807) is 0 Å². The molecular formula is C14H21N3OS. The molecule has 0 aliphatic rings. The van der Waals surface area contributed by atoms with Crippen molar-refractivity contribution in [2.45, 2.75) is 19.9 Å². The van der Waals surface area contributed by atoms with Crippen LogP contribution < -0.4 is 5.32 Å². The highest BCUT2D eigenvalue weighted by Crippen LogP contribution is 2.08. The lowest BCUT2D eigenvalue weighted by molar-refractivity contribution is 0.296. The Morgan fingerprint density at radius 2 is 2.32 bits per heavy atom. The van der Waals surface area contributed by atoms with Crippen LogP contribution in [0.25, 0.3) is 5.65 Å². The summed E-state index contributed by atoms with van der Waals surface area (Å²) in [4.78, 5) is 4.41. The molecule has 0 saturated heterocycles. The molecular weight excluding hydrogens is 258 g/mol. The van der Waals surface area contributed by atoms with Crippen LogP contribution in [0, 0.1) is 6.92 Å². The number of nitrogens with zero attached hydrogens (tertiary/aromatic N) is 2. The van der Waals surface area contributed by atoms with E-state index < -0.39 is 0 Å². The van der Waals surface area contributed by atoms with Gasteiger partial charge in [-0.25, -0.2) is 4.98 Å². The molecule has 0 saturated carbocycles. The predicted octanol–water partition coefficient (Wildman–Crippen LogP) is 1.85. The summed E-state index contributed by atoms with van der Waals surface area (Å²) in [6.45, 7) is 4.19. The highest BCUT2D eigenvalue weighted by Gasteiger charge is 2.02. The van der Waals surface area contributed by atoms with E-state index in [1.807, 2.05) is 18.0 Å². The number of aliphatic hydroxyl groups excluding tert-OH is 1. The minimum atomic E-state index is 0.293. The van der Waals surface area contributed by atoms with Crippen molar-refractivity contribution in [3.63, 3.8) is 0 Å². The van der Waals surface area contributed by atoms with Crippen LogP contribution in [0.1, 0.15) is 17.7 Å². The molecule has 5 heteroatoms. The molecule has 2 rings (SSSR count). The molecule has 0 amide bonds. The number of aryl methyl sites for hydroxylation is 1. The maximum atomic E-state index is 8.68. The Balaban J connectivity index is 1.76. The number of hydrogen-bond acceptors (Lipinski definition) is 4. The van der Waals surface area contributed by atoms with Gasteiger partial charge >= 0.3 is 0 Å². The molecule has 0 aliphatic heterocycles. The number of hydrogen-bond donors (Lipinski definition) is 2. The van der Waals surface area contributed by atoms with Gasteiger partial charge in [0.1, 0.15) is 5.65 Å². The molecule has 0 bridgehead atoms. The lowest BCUT2D eigenvalue weighted by Crippen LogP contribution is -2.17. The monoisotopic (exact) mass is 279 g/mol. The second kappa shape index (κ2) is 7.53. The number of fused-ring (bicyclic) bond motifs is 1. The molecule has 4 nitrogen and oxygen atoms in total. The fourth-order valence-corrected chi connectivity index (χ4v) is 2.72. The van der Waals surface area contributed by atoms with E-state index in [4.69, 9.17) is 5.11 Å². The van der Waals surface area contributed by atoms with Crippen LogP contribution in [-0.4, -0.2) is 39.1 Å². The number of imidazole rings is 1. The predicted molar refractivity (Wildman–Crippen MR) is 80.7 cm³/mol. The zero-order chi connectivity index (χ0) is 13.5. The molecule has 0 aliphatic carbocycles. The van der Waals surface area contributed by atoms with Crippen molar-refractivity contribution in [1.29, 1.82) is 0 Å². The quantitative estimate of drug-likeness (QED) is 0.724. The van der Waals surface area contributed by atoms with Crippen molar-refractivity contribution in [2.24, 2.45) is 0 Å². The van der Waals surface area contributed by atoms with Gasteiger partial charge in [-0.2, -0.15) is 11.8 Å². The van der Waals surface area contributed by atoms with Gasteiger partial charge in [0, 0.05) is 31.6 Å². The van der Waals surface area contributed by atoms with Crippen LogP contribution in [-0.2, 0) is 6.54 Å². The van der Waals surface area contributed by atoms with E-state index in [0.717, 1.165) is 36.7 Å². The van der Waals surface area contributed by atoms with Crippen LogP contribution in [0.5, 0.6) is 0 Å². The first kappa shape index (κ1) is 14.4. The molecule has 19 heavy (non-hydrogen) atoms. The molecule has 104 valence electrons. The maximum Gasteiger partial charge on any atom is 0.137 e. The Morgan fingerprint density at radius 1 is 1.42 bits per heavy atom. The summed E-state index contributed by atoms with van der Waals surface area (Å²) in [5.41, 5.74) is 3.43. The molecule has 0 atom stereocenters. The molecule has 0 radical (unpaired) electrons. The lowest BCUT2D eigenvalue weighted by Gasteiger charge is -2.05. The zero-order valence-corrected chi connectivity index (χ0v) is 12.1. The summed E-state index contributed by atoms with van der Waals surface area (Å²) in [5.74, 6) is 2.11. The van der Waals surface area contributed by atoms with E-state index in [1.165, 1.54) is 11.3 Å². The Morgan fingerprint density at radius 3 is 3.16 bits per heavy atom. The SMILES string of the molecule is Cc1ccn2c(CNCCSCCCO)cnc2c1. The third kappa shape index (κ3) is 4.23. The Labute approximate surface area is 118 Å². The van der Waals surface area contributed by atoms with Crippen LogP contribution in [0.15, 0.2) is 24.5 Å². The summed E-state index contributed by atoms with van der Waals surface area (Å²) in [6, 6.07) is 4.19. The van der Waals surface area contributed by atoms with Crippen molar-refractivity contribution < 1.29 is 5.11 Å². The van der Waals surface area contributed by atoms with Crippen molar-refractivity contribution in [2.75, 3.05) is 24.7 Å². The van der Waals surface area contributed by atoms with Gasteiger partial charge in [0.05, 0.1) is 11.9 Å². The largest absolute Gasteiger partial charge is 0.396 e. The molecule has 0 spiro atoms. The standard InChI is InChI=1S/C14H21N3OS/c1-12-3-5-17-13(11-16-14(17)9-12)10-15-4-8-19-7-2-6-18/h3,5,9,11,15,18H,2,4,6-8,10H2,1H3. The van der Waals surface area contributed by atoms with E-state index in [9.17, 15) is 0 Å². The molecule has 2 heterocycles. The second-order valence-electron chi connectivity index (χ2n) is 4.55. The van der Waals surface area contributed by atoms with E-state index in [-0.39, 0.29) is 0 Å². The minimum absolute atomic E-state index is 0.293. The van der Waals surface area contributed by atoms with Crippen LogP contribution in [0.3, 0.4) is 0 Å². The Kier molecular flexibility index (Phi) is 5.69. The van der Waals surface area contributed by atoms with Crippen molar-refractivity contribution in [3.8, 4) is 0 Å². The van der Waals surface area contributed by atoms with Gasteiger partial charge in [-0.15, -0.1) is 0 Å². The summed E-state index contributed by atoms with van der Waals surface area (Å²) < 4.78 is 2.12. The maximum absolute atomic E-state index is 8.68. The number of thioether (sulfide) groups is 1. The van der Waals surface area contributed by atoms with E-state index in [0.29, 0.717) is 6.61 Å². The van der Waals surface area contributed by atoms with Crippen LogP contribution in [0.2, 0.25) is 0 Å². The van der Waals surface area contributed by atoms with Gasteiger partial charge in [-0.3, -0.25) is 0 Å². The molecule has 2 aromatic rings. The summed E-state index contributed by atoms with van der Waals surface area (Å²) in [7, 11) is 0. The molecule has 2 aromatic heterocycles. The third-order valence-corrected chi connectivity index (χ3v) is 3.99.